The van der Waals surface area contributed by atoms with Crippen LogP contribution in [0.15, 0.2) is 57.9 Å². The number of hydrogen-bond acceptors (Lipinski definition) is 6. The first-order chi connectivity index (χ1) is 13.5. The predicted octanol–water partition coefficient (Wildman–Crippen LogP) is 3.75. The van der Waals surface area contributed by atoms with Crippen molar-refractivity contribution in [2.75, 3.05) is 13.1 Å². The van der Waals surface area contributed by atoms with Gasteiger partial charge in [0.25, 0.3) is 5.89 Å². The van der Waals surface area contributed by atoms with Gasteiger partial charge in [-0.1, -0.05) is 16.8 Å². The summed E-state index contributed by atoms with van der Waals surface area (Å²) in [5.41, 5.74) is 0.668. The Morgan fingerprint density at radius 3 is 2.39 bits per heavy atom. The number of hydrogen-bond donors (Lipinski definition) is 0. The Kier molecular flexibility index (Phi) is 5.34. The molecule has 1 fully saturated rings. The minimum absolute atomic E-state index is 0.121. The van der Waals surface area contributed by atoms with Crippen LogP contribution in [0.5, 0.6) is 5.75 Å². The van der Waals surface area contributed by atoms with Crippen molar-refractivity contribution >= 4 is 21.6 Å². The summed E-state index contributed by atoms with van der Waals surface area (Å²) in [4.78, 5) is 4.56. The summed E-state index contributed by atoms with van der Waals surface area (Å²) >= 11 is 5.84. The van der Waals surface area contributed by atoms with E-state index in [2.05, 4.69) is 10.1 Å². The van der Waals surface area contributed by atoms with Crippen molar-refractivity contribution in [1.29, 1.82) is 0 Å². The van der Waals surface area contributed by atoms with E-state index in [9.17, 15) is 8.42 Å². The van der Waals surface area contributed by atoms with Crippen molar-refractivity contribution in [3.8, 4) is 17.1 Å². The molecular weight excluding hydrogens is 402 g/mol. The van der Waals surface area contributed by atoms with Crippen LogP contribution in [-0.2, 0) is 16.6 Å². The normalized spacial score (nSPS) is 15.0. The van der Waals surface area contributed by atoms with E-state index in [1.807, 2.05) is 0 Å². The van der Waals surface area contributed by atoms with Crippen LogP contribution in [0.4, 0.5) is 0 Å². The number of halogens is 1. The Hall–Kier alpha value is -2.42. The van der Waals surface area contributed by atoms with Crippen LogP contribution < -0.4 is 4.74 Å². The highest BCUT2D eigenvalue weighted by molar-refractivity contribution is 7.89. The zero-order chi connectivity index (χ0) is 19.6. The van der Waals surface area contributed by atoms with E-state index < -0.39 is 10.0 Å². The smallest absolute Gasteiger partial charge is 0.264 e. The van der Waals surface area contributed by atoms with Gasteiger partial charge in [0, 0.05) is 23.7 Å². The van der Waals surface area contributed by atoms with E-state index in [-0.39, 0.29) is 11.5 Å². The quantitative estimate of drug-likeness (QED) is 0.604. The lowest BCUT2D eigenvalue weighted by molar-refractivity contribution is 0.243. The lowest BCUT2D eigenvalue weighted by Crippen LogP contribution is -2.27. The lowest BCUT2D eigenvalue weighted by Gasteiger charge is -2.15. The number of rotatable bonds is 6. The molecule has 28 heavy (non-hydrogen) atoms. The number of sulfonamides is 1. The molecule has 2 aromatic carbocycles. The van der Waals surface area contributed by atoms with Gasteiger partial charge in [-0.3, -0.25) is 0 Å². The van der Waals surface area contributed by atoms with Crippen LogP contribution in [0.2, 0.25) is 5.02 Å². The molecule has 0 N–H and O–H groups in total. The molecule has 9 heteroatoms. The summed E-state index contributed by atoms with van der Waals surface area (Å²) in [5, 5.41) is 4.56. The van der Waals surface area contributed by atoms with Crippen LogP contribution >= 0.6 is 11.6 Å². The Bertz CT molecular complexity index is 1040. The second kappa shape index (κ2) is 7.90. The van der Waals surface area contributed by atoms with E-state index in [4.69, 9.17) is 20.9 Å². The van der Waals surface area contributed by atoms with E-state index in [1.54, 1.807) is 48.5 Å². The zero-order valence-corrected chi connectivity index (χ0v) is 16.5. The fourth-order valence-corrected chi connectivity index (χ4v) is 4.60. The van der Waals surface area contributed by atoms with Gasteiger partial charge >= 0.3 is 0 Å². The van der Waals surface area contributed by atoms with Crippen molar-refractivity contribution in [1.82, 2.24) is 14.4 Å². The summed E-state index contributed by atoms with van der Waals surface area (Å²) < 4.78 is 37.5. The second-order valence-corrected chi connectivity index (χ2v) is 8.76. The zero-order valence-electron chi connectivity index (χ0n) is 14.9. The fourth-order valence-electron chi connectivity index (χ4n) is 2.96. The lowest BCUT2D eigenvalue weighted by atomic mass is 10.2. The van der Waals surface area contributed by atoms with Crippen LogP contribution in [0.25, 0.3) is 11.4 Å². The Morgan fingerprint density at radius 2 is 1.71 bits per heavy atom. The van der Waals surface area contributed by atoms with E-state index in [0.717, 1.165) is 12.8 Å². The molecule has 0 aliphatic carbocycles. The molecule has 7 nitrogen and oxygen atoms in total. The first-order valence-corrected chi connectivity index (χ1v) is 10.7. The number of aromatic nitrogens is 2. The maximum absolute atomic E-state index is 12.6. The summed E-state index contributed by atoms with van der Waals surface area (Å²) in [6, 6.07) is 13.5. The molecule has 0 unspecified atom stereocenters. The molecular formula is C19H18ClN3O4S. The topological polar surface area (TPSA) is 85.5 Å². The maximum atomic E-state index is 12.6. The number of nitrogens with zero attached hydrogens (tertiary/aromatic N) is 3. The second-order valence-electron chi connectivity index (χ2n) is 6.39. The molecule has 1 aromatic heterocycles. The van der Waals surface area contributed by atoms with Gasteiger partial charge in [-0.25, -0.2) is 8.42 Å². The molecule has 0 amide bonds. The van der Waals surface area contributed by atoms with Crippen molar-refractivity contribution in [2.24, 2.45) is 0 Å². The van der Waals surface area contributed by atoms with Crippen LogP contribution in [0, 0.1) is 0 Å². The Balaban J connectivity index is 1.44. The van der Waals surface area contributed by atoms with E-state index >= 15 is 0 Å². The third-order valence-corrected chi connectivity index (χ3v) is 6.62. The monoisotopic (exact) mass is 419 g/mol. The summed E-state index contributed by atoms with van der Waals surface area (Å²) in [6.07, 6.45) is 1.81. The molecule has 146 valence electrons. The first kappa shape index (κ1) is 18.9. The molecule has 0 saturated carbocycles. The van der Waals surface area contributed by atoms with Crippen LogP contribution in [-0.4, -0.2) is 36.0 Å². The first-order valence-electron chi connectivity index (χ1n) is 8.84. The van der Waals surface area contributed by atoms with Gasteiger partial charge < -0.3 is 9.26 Å². The molecule has 0 bridgehead atoms. The van der Waals surface area contributed by atoms with Gasteiger partial charge in [-0.2, -0.15) is 9.29 Å². The summed E-state index contributed by atoms with van der Waals surface area (Å²) in [5.74, 6) is 1.33. The molecule has 1 saturated heterocycles. The minimum Gasteiger partial charge on any atom is -0.484 e. The molecule has 2 heterocycles. The Morgan fingerprint density at radius 1 is 1.04 bits per heavy atom. The van der Waals surface area contributed by atoms with E-state index in [1.165, 1.54) is 4.31 Å². The van der Waals surface area contributed by atoms with Crippen molar-refractivity contribution < 1.29 is 17.7 Å². The Labute approximate surface area is 167 Å². The fraction of sp³-hybridized carbons (Fsp3) is 0.263. The summed E-state index contributed by atoms with van der Waals surface area (Å²) in [6.45, 7) is 1.27. The highest BCUT2D eigenvalue weighted by Crippen LogP contribution is 2.24. The molecule has 0 atom stereocenters. The van der Waals surface area contributed by atoms with Gasteiger partial charge in [-0.05, 0) is 61.4 Å². The highest BCUT2D eigenvalue weighted by Gasteiger charge is 2.27. The van der Waals surface area contributed by atoms with Gasteiger partial charge in [0.1, 0.15) is 5.75 Å². The molecule has 3 aromatic rings. The van der Waals surface area contributed by atoms with Crippen molar-refractivity contribution in [2.45, 2.75) is 24.3 Å². The van der Waals surface area contributed by atoms with Crippen LogP contribution in [0.1, 0.15) is 18.7 Å². The highest BCUT2D eigenvalue weighted by atomic mass is 35.5. The van der Waals surface area contributed by atoms with Gasteiger partial charge in [0.2, 0.25) is 15.8 Å². The SMILES string of the molecule is O=S(=O)(c1ccc(-c2noc(COc3ccc(Cl)cc3)n2)cc1)N1CCCC1. The average Bonchev–Trinajstić information content (AvgIpc) is 3.40. The van der Waals surface area contributed by atoms with E-state index in [0.29, 0.717) is 41.1 Å². The van der Waals surface area contributed by atoms with Crippen molar-refractivity contribution in [3.05, 3.63) is 59.4 Å². The van der Waals surface area contributed by atoms with Gasteiger partial charge in [0.05, 0.1) is 4.90 Å². The van der Waals surface area contributed by atoms with Gasteiger partial charge in [0.15, 0.2) is 6.61 Å². The number of benzene rings is 2. The maximum Gasteiger partial charge on any atom is 0.264 e. The van der Waals surface area contributed by atoms with Crippen molar-refractivity contribution in [3.63, 3.8) is 0 Å². The molecule has 0 spiro atoms. The van der Waals surface area contributed by atoms with Crippen LogP contribution in [0.3, 0.4) is 0 Å². The molecule has 1 aliphatic rings. The largest absolute Gasteiger partial charge is 0.484 e. The standard InChI is InChI=1S/C19H18ClN3O4S/c20-15-5-7-16(8-6-15)26-13-18-21-19(22-27-18)14-3-9-17(10-4-14)28(24,25)23-11-1-2-12-23/h3-10H,1-2,11-13H2. The molecule has 0 radical (unpaired) electrons. The number of ether oxygens (including phenoxy) is 1. The predicted molar refractivity (Wildman–Crippen MR) is 104 cm³/mol. The summed E-state index contributed by atoms with van der Waals surface area (Å²) in [7, 11) is -3.44. The van der Waals surface area contributed by atoms with Gasteiger partial charge in [-0.15, -0.1) is 0 Å². The minimum atomic E-state index is -3.44. The average molecular weight is 420 g/mol. The molecule has 4 rings (SSSR count). The third kappa shape index (κ3) is 4.04. The molecule has 1 aliphatic heterocycles. The third-order valence-electron chi connectivity index (χ3n) is 4.46.